The first kappa shape index (κ1) is 20.0. The highest BCUT2D eigenvalue weighted by molar-refractivity contribution is 7.89. The van der Waals surface area contributed by atoms with Crippen LogP contribution in [-0.4, -0.2) is 32.7 Å². The number of nitrogens with one attached hydrogen (secondary N) is 1. The summed E-state index contributed by atoms with van der Waals surface area (Å²) >= 11 is 0. The third-order valence-corrected chi connectivity index (χ3v) is 8.93. The summed E-state index contributed by atoms with van der Waals surface area (Å²) in [6.45, 7) is 4.65. The molecule has 2 saturated carbocycles. The van der Waals surface area contributed by atoms with E-state index in [0.717, 1.165) is 19.3 Å². The fourth-order valence-electron chi connectivity index (χ4n) is 5.56. The first-order valence-electron chi connectivity index (χ1n) is 10.0. The molecule has 4 rings (SSSR count). The summed E-state index contributed by atoms with van der Waals surface area (Å²) in [5, 5.41) is 0. The summed E-state index contributed by atoms with van der Waals surface area (Å²) in [7, 11) is -3.75. The lowest BCUT2D eigenvalue weighted by molar-refractivity contribution is -0.128. The number of fused-ring (bicyclic) bond motifs is 2. The molecule has 1 aliphatic heterocycles. The zero-order valence-corrected chi connectivity index (χ0v) is 17.2. The molecule has 0 amide bonds. The van der Waals surface area contributed by atoms with Crippen LogP contribution in [0, 0.1) is 22.6 Å². The van der Waals surface area contributed by atoms with E-state index in [1.807, 2.05) is 13.8 Å². The summed E-state index contributed by atoms with van der Waals surface area (Å²) in [5.41, 5.74) is -0.447. The molecule has 1 aromatic rings. The average Bonchev–Trinajstić information content (AvgIpc) is 3.27. The second-order valence-electron chi connectivity index (χ2n) is 9.12. The molecule has 1 saturated heterocycles. The normalized spacial score (nSPS) is 32.8. The number of benzene rings is 1. The number of halogens is 1. The van der Waals surface area contributed by atoms with Crippen LogP contribution in [-0.2, 0) is 19.6 Å². The van der Waals surface area contributed by atoms with Crippen LogP contribution in [0.3, 0.4) is 0 Å². The Balaban J connectivity index is 1.61. The minimum atomic E-state index is -3.75. The van der Waals surface area contributed by atoms with E-state index >= 15 is 0 Å². The first-order valence-corrected chi connectivity index (χ1v) is 11.7. The van der Waals surface area contributed by atoms with Gasteiger partial charge in [0.2, 0.25) is 10.0 Å². The third-order valence-electron chi connectivity index (χ3n) is 7.45. The Morgan fingerprint density at radius 1 is 1.25 bits per heavy atom. The summed E-state index contributed by atoms with van der Waals surface area (Å²) in [6, 6.07) is 5.27. The number of ketones is 1. The van der Waals surface area contributed by atoms with Crippen LogP contribution in [0.4, 0.5) is 4.39 Å². The molecular weight excluding hydrogens is 381 g/mol. The molecule has 5 nitrogen and oxygen atoms in total. The van der Waals surface area contributed by atoms with E-state index in [9.17, 15) is 17.6 Å². The van der Waals surface area contributed by atoms with Gasteiger partial charge in [0.1, 0.15) is 11.6 Å². The Hall–Kier alpha value is -1.31. The Kier molecular flexibility index (Phi) is 4.91. The number of carbonyl (C=O) groups excluding carboxylic acids is 1. The van der Waals surface area contributed by atoms with Crippen LogP contribution in [0.25, 0.3) is 0 Å². The van der Waals surface area contributed by atoms with Crippen LogP contribution in [0.1, 0.15) is 57.6 Å². The fraction of sp³-hybridized carbons (Fsp3) is 0.667. The van der Waals surface area contributed by atoms with Crippen molar-refractivity contribution in [2.24, 2.45) is 16.7 Å². The Morgan fingerprint density at radius 2 is 1.96 bits per heavy atom. The van der Waals surface area contributed by atoms with Crippen LogP contribution in [0.5, 0.6) is 0 Å². The summed E-state index contributed by atoms with van der Waals surface area (Å²) in [4.78, 5) is 12.7. The molecule has 3 fully saturated rings. The molecule has 7 heteroatoms. The van der Waals surface area contributed by atoms with Crippen molar-refractivity contribution in [1.29, 1.82) is 0 Å². The molecule has 0 aromatic heterocycles. The van der Waals surface area contributed by atoms with Crippen molar-refractivity contribution in [2.45, 2.75) is 58.1 Å². The maximum atomic E-state index is 13.4. The Labute approximate surface area is 166 Å². The maximum Gasteiger partial charge on any atom is 0.213 e. The first-order chi connectivity index (χ1) is 13.1. The van der Waals surface area contributed by atoms with Crippen molar-refractivity contribution in [1.82, 2.24) is 4.72 Å². The van der Waals surface area contributed by atoms with E-state index in [4.69, 9.17) is 4.74 Å². The third kappa shape index (κ3) is 3.21. The Morgan fingerprint density at radius 3 is 2.50 bits per heavy atom. The largest absolute Gasteiger partial charge is 0.376 e. The number of rotatable bonds is 6. The van der Waals surface area contributed by atoms with E-state index in [1.54, 1.807) is 12.1 Å². The monoisotopic (exact) mass is 409 g/mol. The number of carbonyl (C=O) groups is 1. The highest BCUT2D eigenvalue weighted by atomic mass is 32.2. The summed E-state index contributed by atoms with van der Waals surface area (Å²) in [6.07, 6.45) is 3.33. The highest BCUT2D eigenvalue weighted by Gasteiger charge is 2.65. The van der Waals surface area contributed by atoms with Gasteiger partial charge < -0.3 is 4.74 Å². The molecular formula is C21H28FNO4S. The molecule has 3 aliphatic rings. The lowest BCUT2D eigenvalue weighted by atomic mass is 9.70. The molecule has 0 unspecified atom stereocenters. The number of sulfonamides is 1. The summed E-state index contributed by atoms with van der Waals surface area (Å²) in [5.74, 6) is -0.213. The molecule has 2 bridgehead atoms. The number of hydrogen-bond donors (Lipinski definition) is 1. The van der Waals surface area contributed by atoms with Crippen LogP contribution >= 0.6 is 0 Å². The lowest BCUT2D eigenvalue weighted by Gasteiger charge is -2.37. The van der Waals surface area contributed by atoms with Gasteiger partial charge in [0.25, 0.3) is 0 Å². The van der Waals surface area contributed by atoms with Crippen molar-refractivity contribution in [3.8, 4) is 0 Å². The topological polar surface area (TPSA) is 72.5 Å². The standard InChI is InChI=1S/C21H28FNO4S/c1-20(2)15-9-10-21(20,18(24)12-15)13-28(25,26)23-19(17-4-3-11-27-17)14-5-7-16(22)8-6-14/h5-8,15,17,19,23H,3-4,9-13H2,1-2H3/t15-,17+,19-,21+/m0/s1. The van der Waals surface area contributed by atoms with Crippen molar-refractivity contribution >= 4 is 15.8 Å². The van der Waals surface area contributed by atoms with Gasteiger partial charge >= 0.3 is 0 Å². The van der Waals surface area contributed by atoms with Gasteiger partial charge in [-0.15, -0.1) is 0 Å². The van der Waals surface area contributed by atoms with Crippen LogP contribution in [0.2, 0.25) is 0 Å². The van der Waals surface area contributed by atoms with Crippen molar-refractivity contribution in [3.63, 3.8) is 0 Å². The molecule has 0 spiro atoms. The molecule has 4 atom stereocenters. The second-order valence-corrected chi connectivity index (χ2v) is 10.9. The zero-order chi connectivity index (χ0) is 20.2. The van der Waals surface area contributed by atoms with Crippen LogP contribution in [0.15, 0.2) is 24.3 Å². The molecule has 1 heterocycles. The van der Waals surface area contributed by atoms with E-state index in [1.165, 1.54) is 12.1 Å². The number of Topliss-reactive ketones (excluding diaryl/α,β-unsaturated/α-hetero) is 1. The zero-order valence-electron chi connectivity index (χ0n) is 16.4. The quantitative estimate of drug-likeness (QED) is 0.782. The van der Waals surface area contributed by atoms with Gasteiger partial charge in [-0.3, -0.25) is 4.79 Å². The smallest absolute Gasteiger partial charge is 0.213 e. The van der Waals surface area contributed by atoms with Crippen molar-refractivity contribution in [3.05, 3.63) is 35.6 Å². The molecule has 0 radical (unpaired) electrons. The van der Waals surface area contributed by atoms with Gasteiger partial charge in [0, 0.05) is 18.4 Å². The van der Waals surface area contributed by atoms with E-state index < -0.39 is 21.5 Å². The number of hydrogen-bond acceptors (Lipinski definition) is 4. The van der Waals surface area contributed by atoms with E-state index in [2.05, 4.69) is 4.72 Å². The number of ether oxygens (including phenoxy) is 1. The minimum Gasteiger partial charge on any atom is -0.376 e. The lowest BCUT2D eigenvalue weighted by Crippen LogP contribution is -2.47. The molecule has 2 aliphatic carbocycles. The summed E-state index contributed by atoms with van der Waals surface area (Å²) < 4.78 is 48.3. The molecule has 28 heavy (non-hydrogen) atoms. The highest BCUT2D eigenvalue weighted by Crippen LogP contribution is 2.64. The predicted octanol–water partition coefficient (Wildman–Crippen LogP) is 3.36. The second kappa shape index (κ2) is 6.89. The fourth-order valence-corrected chi connectivity index (χ4v) is 7.65. The van der Waals surface area contributed by atoms with Gasteiger partial charge in [0.15, 0.2) is 0 Å². The molecule has 1 aromatic carbocycles. The van der Waals surface area contributed by atoms with Gasteiger partial charge in [0.05, 0.1) is 17.9 Å². The van der Waals surface area contributed by atoms with E-state index in [0.29, 0.717) is 25.0 Å². The SMILES string of the molecule is CC1(C)[C@H]2CC[C@@]1(CS(=O)(=O)N[C@@H](c1ccc(F)cc1)[C@H]1CCCO1)C(=O)C2. The van der Waals surface area contributed by atoms with Gasteiger partial charge in [-0.25, -0.2) is 17.5 Å². The predicted molar refractivity (Wildman–Crippen MR) is 104 cm³/mol. The average molecular weight is 410 g/mol. The molecule has 154 valence electrons. The Bertz CT molecular complexity index is 861. The van der Waals surface area contributed by atoms with Crippen molar-refractivity contribution < 1.29 is 22.3 Å². The minimum absolute atomic E-state index is 0.0783. The van der Waals surface area contributed by atoms with Crippen LogP contribution < -0.4 is 4.72 Å². The van der Waals surface area contributed by atoms with Crippen molar-refractivity contribution in [2.75, 3.05) is 12.4 Å². The van der Waals surface area contributed by atoms with Gasteiger partial charge in [-0.1, -0.05) is 26.0 Å². The maximum absolute atomic E-state index is 13.4. The van der Waals surface area contributed by atoms with E-state index in [-0.39, 0.29) is 34.8 Å². The molecule has 1 N–H and O–H groups in total. The van der Waals surface area contributed by atoms with Gasteiger partial charge in [-0.2, -0.15) is 0 Å². The van der Waals surface area contributed by atoms with Gasteiger partial charge in [-0.05, 0) is 54.7 Å².